The summed E-state index contributed by atoms with van der Waals surface area (Å²) < 4.78 is 0. The van der Waals surface area contributed by atoms with Gasteiger partial charge in [0.1, 0.15) is 12.2 Å². The van der Waals surface area contributed by atoms with Crippen LogP contribution in [0, 0.1) is 5.92 Å². The highest BCUT2D eigenvalue weighted by atomic mass is 16.4. The van der Waals surface area contributed by atoms with E-state index in [4.69, 9.17) is 10.9 Å². The number of carbonyl (C=O) groups excluding carboxylic acids is 1. The van der Waals surface area contributed by atoms with Crippen molar-refractivity contribution in [2.24, 2.45) is 16.8 Å². The normalized spacial score (nSPS) is 11.6. The van der Waals surface area contributed by atoms with Crippen LogP contribution in [0.1, 0.15) is 30.6 Å². The summed E-state index contributed by atoms with van der Waals surface area (Å²) >= 11 is 0. The molecule has 1 amide bonds. The molecule has 19 heavy (non-hydrogen) atoms. The molecular weight excluding hydrogens is 246 g/mol. The molecule has 0 atom stereocenters. The summed E-state index contributed by atoms with van der Waals surface area (Å²) in [5.41, 5.74) is 5.86. The van der Waals surface area contributed by atoms with Gasteiger partial charge in [0.25, 0.3) is 5.91 Å². The number of nitrogens with zero attached hydrogens (tertiary/aromatic N) is 4. The van der Waals surface area contributed by atoms with Crippen LogP contribution in [0.3, 0.4) is 0 Å². The highest BCUT2D eigenvalue weighted by Gasteiger charge is 2.17. The Labute approximate surface area is 112 Å². The van der Waals surface area contributed by atoms with Crippen LogP contribution >= 0.6 is 0 Å². The molecule has 7 nitrogen and oxygen atoms in total. The third-order valence-electron chi connectivity index (χ3n) is 2.45. The lowest BCUT2D eigenvalue weighted by Crippen LogP contribution is -2.36. The van der Waals surface area contributed by atoms with Crippen molar-refractivity contribution in [3.8, 4) is 0 Å². The van der Waals surface area contributed by atoms with Gasteiger partial charge < -0.3 is 15.8 Å². The van der Waals surface area contributed by atoms with E-state index in [0.29, 0.717) is 31.0 Å². The molecule has 0 aliphatic carbocycles. The van der Waals surface area contributed by atoms with Gasteiger partial charge in [-0.15, -0.1) is 0 Å². The number of amides is 1. The molecule has 0 bridgehead atoms. The third-order valence-corrected chi connectivity index (χ3v) is 2.45. The van der Waals surface area contributed by atoms with E-state index in [2.05, 4.69) is 15.1 Å². The zero-order chi connectivity index (χ0) is 14.3. The second-order valence-corrected chi connectivity index (χ2v) is 4.61. The highest BCUT2D eigenvalue weighted by Crippen LogP contribution is 2.06. The summed E-state index contributed by atoms with van der Waals surface area (Å²) in [6.07, 6.45) is 4.65. The van der Waals surface area contributed by atoms with Crippen LogP contribution in [0.2, 0.25) is 0 Å². The molecule has 0 unspecified atom stereocenters. The molecule has 0 fully saturated rings. The number of carbonyl (C=O) groups is 1. The molecule has 0 radical (unpaired) electrons. The number of hydrogen-bond acceptors (Lipinski definition) is 5. The topological polar surface area (TPSA) is 105 Å². The minimum absolute atomic E-state index is 0.103. The van der Waals surface area contributed by atoms with Gasteiger partial charge in [0, 0.05) is 31.9 Å². The minimum atomic E-state index is -0.153. The Morgan fingerprint density at radius 3 is 2.63 bits per heavy atom. The molecule has 1 aromatic heterocycles. The fourth-order valence-corrected chi connectivity index (χ4v) is 1.61. The number of amidine groups is 1. The SMILES string of the molecule is CC(C)CN(CCC(N)=NO)C(=O)c1cncnc1. The maximum absolute atomic E-state index is 12.3. The van der Waals surface area contributed by atoms with Crippen molar-refractivity contribution >= 4 is 11.7 Å². The first-order valence-electron chi connectivity index (χ1n) is 6.05. The van der Waals surface area contributed by atoms with E-state index in [1.54, 1.807) is 4.90 Å². The summed E-state index contributed by atoms with van der Waals surface area (Å²) in [7, 11) is 0. The molecule has 0 saturated carbocycles. The molecule has 7 heteroatoms. The van der Waals surface area contributed by atoms with Gasteiger partial charge in [-0.25, -0.2) is 9.97 Å². The Balaban J connectivity index is 2.76. The standard InChI is InChI=1S/C12H19N5O2/c1-9(2)7-17(4-3-11(13)16-19)12(18)10-5-14-8-15-6-10/h5-6,8-9,19H,3-4,7H2,1-2H3,(H2,13,16). The third kappa shape index (κ3) is 4.90. The van der Waals surface area contributed by atoms with Crippen molar-refractivity contribution < 1.29 is 10.0 Å². The van der Waals surface area contributed by atoms with E-state index < -0.39 is 0 Å². The van der Waals surface area contributed by atoms with Crippen molar-refractivity contribution in [2.45, 2.75) is 20.3 Å². The molecule has 1 rings (SSSR count). The predicted molar refractivity (Wildman–Crippen MR) is 70.8 cm³/mol. The van der Waals surface area contributed by atoms with Gasteiger partial charge >= 0.3 is 0 Å². The number of oxime groups is 1. The molecule has 0 aliphatic rings. The van der Waals surface area contributed by atoms with Gasteiger partial charge in [0.2, 0.25) is 0 Å². The van der Waals surface area contributed by atoms with Gasteiger partial charge in [0.05, 0.1) is 5.56 Å². The Kier molecular flexibility index (Phi) is 5.72. The fraction of sp³-hybridized carbons (Fsp3) is 0.500. The van der Waals surface area contributed by atoms with Crippen LogP contribution in [0.25, 0.3) is 0 Å². The number of aromatic nitrogens is 2. The zero-order valence-electron chi connectivity index (χ0n) is 11.2. The highest BCUT2D eigenvalue weighted by molar-refractivity contribution is 5.94. The molecule has 104 valence electrons. The van der Waals surface area contributed by atoms with Gasteiger partial charge in [0.15, 0.2) is 0 Å². The molecule has 0 spiro atoms. The van der Waals surface area contributed by atoms with Gasteiger partial charge in [-0.1, -0.05) is 19.0 Å². The first-order valence-corrected chi connectivity index (χ1v) is 6.05. The Hall–Kier alpha value is -2.18. The number of hydrogen-bond donors (Lipinski definition) is 2. The second kappa shape index (κ2) is 7.30. The molecule has 1 heterocycles. The predicted octanol–water partition coefficient (Wildman–Crippen LogP) is 0.711. The van der Waals surface area contributed by atoms with Crippen molar-refractivity contribution in [3.63, 3.8) is 0 Å². The van der Waals surface area contributed by atoms with Crippen LogP contribution in [0.15, 0.2) is 23.9 Å². The largest absolute Gasteiger partial charge is 0.409 e. The Morgan fingerprint density at radius 1 is 1.47 bits per heavy atom. The van der Waals surface area contributed by atoms with Crippen molar-refractivity contribution in [1.82, 2.24) is 14.9 Å². The van der Waals surface area contributed by atoms with E-state index in [0.717, 1.165) is 0 Å². The van der Waals surface area contributed by atoms with Crippen molar-refractivity contribution in [2.75, 3.05) is 13.1 Å². The first-order chi connectivity index (χ1) is 9.04. The summed E-state index contributed by atoms with van der Waals surface area (Å²) in [4.78, 5) is 21.6. The monoisotopic (exact) mass is 265 g/mol. The van der Waals surface area contributed by atoms with Crippen LogP contribution < -0.4 is 5.73 Å². The first kappa shape index (κ1) is 14.9. The maximum atomic E-state index is 12.3. The average Bonchev–Trinajstić information content (AvgIpc) is 2.42. The summed E-state index contributed by atoms with van der Waals surface area (Å²) in [5, 5.41) is 11.4. The molecular formula is C12H19N5O2. The smallest absolute Gasteiger partial charge is 0.257 e. The van der Waals surface area contributed by atoms with E-state index >= 15 is 0 Å². The van der Waals surface area contributed by atoms with E-state index in [9.17, 15) is 4.79 Å². The molecule has 3 N–H and O–H groups in total. The van der Waals surface area contributed by atoms with Gasteiger partial charge in [-0.2, -0.15) is 0 Å². The molecule has 1 aromatic rings. The van der Waals surface area contributed by atoms with E-state index in [1.165, 1.54) is 18.7 Å². The van der Waals surface area contributed by atoms with E-state index in [1.807, 2.05) is 13.8 Å². The average molecular weight is 265 g/mol. The summed E-state index contributed by atoms with van der Waals surface area (Å²) in [6.45, 7) is 5.02. The molecule has 0 aromatic carbocycles. The van der Waals surface area contributed by atoms with Crippen LogP contribution in [0.5, 0.6) is 0 Å². The number of rotatable bonds is 6. The molecule has 0 aliphatic heterocycles. The van der Waals surface area contributed by atoms with Gasteiger partial charge in [-0.05, 0) is 5.92 Å². The van der Waals surface area contributed by atoms with Crippen molar-refractivity contribution in [3.05, 3.63) is 24.3 Å². The summed E-state index contributed by atoms with van der Waals surface area (Å²) in [5.74, 6) is 0.270. The van der Waals surface area contributed by atoms with Crippen molar-refractivity contribution in [1.29, 1.82) is 0 Å². The van der Waals surface area contributed by atoms with Crippen LogP contribution in [0.4, 0.5) is 0 Å². The second-order valence-electron chi connectivity index (χ2n) is 4.61. The lowest BCUT2D eigenvalue weighted by Gasteiger charge is -2.24. The Morgan fingerprint density at radius 2 is 2.11 bits per heavy atom. The molecule has 0 saturated heterocycles. The van der Waals surface area contributed by atoms with Crippen LogP contribution in [-0.4, -0.2) is 44.9 Å². The Bertz CT molecular complexity index is 433. The number of nitrogens with two attached hydrogens (primary N) is 1. The van der Waals surface area contributed by atoms with Gasteiger partial charge in [-0.3, -0.25) is 4.79 Å². The zero-order valence-corrected chi connectivity index (χ0v) is 11.2. The fourth-order valence-electron chi connectivity index (χ4n) is 1.61. The lowest BCUT2D eigenvalue weighted by molar-refractivity contribution is 0.0739. The summed E-state index contributed by atoms with van der Waals surface area (Å²) in [6, 6.07) is 0. The van der Waals surface area contributed by atoms with Crippen LogP contribution in [-0.2, 0) is 0 Å². The lowest BCUT2D eigenvalue weighted by atomic mass is 10.1. The van der Waals surface area contributed by atoms with E-state index in [-0.39, 0.29) is 11.7 Å². The minimum Gasteiger partial charge on any atom is -0.409 e. The maximum Gasteiger partial charge on any atom is 0.257 e. The quantitative estimate of drug-likeness (QED) is 0.341.